The SMILES string of the molecule is Cc1ccc(C(=O)N(Cc2cc3cccc(C)c3[nH]c2=O)c2cccc(C)c2)cc1. The number of nitrogens with zero attached hydrogens (tertiary/aromatic N) is 1. The molecule has 0 bridgehead atoms. The Morgan fingerprint density at radius 2 is 1.60 bits per heavy atom. The first-order chi connectivity index (χ1) is 14.4. The number of carbonyl (C=O) groups is 1. The molecule has 3 aromatic carbocycles. The summed E-state index contributed by atoms with van der Waals surface area (Å²) >= 11 is 0. The Morgan fingerprint density at radius 1 is 0.867 bits per heavy atom. The number of benzene rings is 3. The monoisotopic (exact) mass is 396 g/mol. The van der Waals surface area contributed by atoms with Crippen LogP contribution in [0.25, 0.3) is 10.9 Å². The Morgan fingerprint density at radius 3 is 2.33 bits per heavy atom. The van der Waals surface area contributed by atoms with Gasteiger partial charge in [0.1, 0.15) is 0 Å². The van der Waals surface area contributed by atoms with Gasteiger partial charge < -0.3 is 9.88 Å². The molecule has 0 atom stereocenters. The lowest BCUT2D eigenvalue weighted by Crippen LogP contribution is -2.33. The second kappa shape index (κ2) is 7.99. The Balaban J connectivity index is 1.79. The maximum absolute atomic E-state index is 13.4. The molecule has 1 amide bonds. The van der Waals surface area contributed by atoms with Crippen molar-refractivity contribution >= 4 is 22.5 Å². The van der Waals surface area contributed by atoms with Crippen molar-refractivity contribution in [3.63, 3.8) is 0 Å². The summed E-state index contributed by atoms with van der Waals surface area (Å²) in [6, 6.07) is 23.1. The van der Waals surface area contributed by atoms with Gasteiger partial charge in [0, 0.05) is 16.8 Å². The lowest BCUT2D eigenvalue weighted by atomic mass is 10.1. The summed E-state index contributed by atoms with van der Waals surface area (Å²) in [5, 5.41) is 0.955. The number of amides is 1. The Kier molecular flexibility index (Phi) is 5.23. The molecule has 1 aromatic heterocycles. The van der Waals surface area contributed by atoms with Crippen molar-refractivity contribution in [3.05, 3.63) is 111 Å². The van der Waals surface area contributed by atoms with Crippen LogP contribution in [0.2, 0.25) is 0 Å². The molecular formula is C26H24N2O2. The van der Waals surface area contributed by atoms with E-state index in [4.69, 9.17) is 0 Å². The normalized spacial score (nSPS) is 10.9. The maximum Gasteiger partial charge on any atom is 0.258 e. The summed E-state index contributed by atoms with van der Waals surface area (Å²) < 4.78 is 0. The van der Waals surface area contributed by atoms with Gasteiger partial charge in [-0.1, -0.05) is 48.0 Å². The van der Waals surface area contributed by atoms with Gasteiger partial charge in [-0.3, -0.25) is 9.59 Å². The van der Waals surface area contributed by atoms with Crippen molar-refractivity contribution in [2.24, 2.45) is 0 Å². The third kappa shape index (κ3) is 3.90. The standard InChI is InChI=1S/C26H24N2O2/c1-17-10-12-20(13-11-17)26(30)28(23-9-4-6-18(2)14-23)16-22-15-21-8-5-7-19(3)24(21)27-25(22)29/h4-15H,16H2,1-3H3,(H,27,29). The number of aromatic nitrogens is 1. The van der Waals surface area contributed by atoms with Gasteiger partial charge in [0.25, 0.3) is 11.5 Å². The summed E-state index contributed by atoms with van der Waals surface area (Å²) in [5.74, 6) is -0.135. The second-order valence-corrected chi connectivity index (χ2v) is 7.76. The fraction of sp³-hybridized carbons (Fsp3) is 0.154. The summed E-state index contributed by atoms with van der Waals surface area (Å²) in [4.78, 5) is 30.9. The molecule has 0 radical (unpaired) electrons. The molecule has 0 fully saturated rings. The molecule has 0 unspecified atom stereocenters. The molecule has 4 heteroatoms. The second-order valence-electron chi connectivity index (χ2n) is 7.76. The molecule has 0 aliphatic heterocycles. The van der Waals surface area contributed by atoms with Gasteiger partial charge in [-0.25, -0.2) is 0 Å². The lowest BCUT2D eigenvalue weighted by Gasteiger charge is -2.23. The summed E-state index contributed by atoms with van der Waals surface area (Å²) in [5.41, 5.74) is 5.73. The highest BCUT2D eigenvalue weighted by atomic mass is 16.2. The van der Waals surface area contributed by atoms with E-state index in [1.807, 2.05) is 93.6 Å². The molecule has 4 aromatic rings. The number of fused-ring (bicyclic) bond motifs is 1. The third-order valence-corrected chi connectivity index (χ3v) is 5.35. The number of nitrogens with one attached hydrogen (secondary N) is 1. The number of rotatable bonds is 4. The predicted octanol–water partition coefficient (Wildman–Crippen LogP) is 5.30. The summed E-state index contributed by atoms with van der Waals surface area (Å²) in [7, 11) is 0. The molecule has 0 saturated carbocycles. The van der Waals surface area contributed by atoms with Gasteiger partial charge in [-0.2, -0.15) is 0 Å². The van der Waals surface area contributed by atoms with Gasteiger partial charge in [-0.05, 0) is 67.6 Å². The van der Waals surface area contributed by atoms with Gasteiger partial charge in [0.2, 0.25) is 0 Å². The quantitative estimate of drug-likeness (QED) is 0.509. The fourth-order valence-corrected chi connectivity index (χ4v) is 3.64. The number of pyridine rings is 1. The Hall–Kier alpha value is -3.66. The minimum absolute atomic E-state index is 0.135. The molecule has 0 saturated heterocycles. The molecule has 4 rings (SSSR count). The van der Waals surface area contributed by atoms with Gasteiger partial charge in [-0.15, -0.1) is 0 Å². The van der Waals surface area contributed by atoms with Crippen LogP contribution < -0.4 is 10.5 Å². The van der Waals surface area contributed by atoms with Gasteiger partial charge in [0.05, 0.1) is 12.1 Å². The van der Waals surface area contributed by atoms with E-state index in [0.717, 1.165) is 33.3 Å². The van der Waals surface area contributed by atoms with E-state index >= 15 is 0 Å². The van der Waals surface area contributed by atoms with E-state index < -0.39 is 0 Å². The van der Waals surface area contributed by atoms with Gasteiger partial charge in [0.15, 0.2) is 0 Å². The van der Waals surface area contributed by atoms with Crippen LogP contribution in [0.15, 0.2) is 77.6 Å². The number of carbonyl (C=O) groups excluding carboxylic acids is 1. The first-order valence-corrected chi connectivity index (χ1v) is 9.99. The Bertz CT molecular complexity index is 1290. The van der Waals surface area contributed by atoms with Crippen LogP contribution in [-0.4, -0.2) is 10.9 Å². The topological polar surface area (TPSA) is 53.2 Å². The van der Waals surface area contributed by atoms with Crippen molar-refractivity contribution in [1.29, 1.82) is 0 Å². The van der Waals surface area contributed by atoms with Crippen molar-refractivity contribution in [3.8, 4) is 0 Å². The van der Waals surface area contributed by atoms with Crippen LogP contribution in [-0.2, 0) is 6.54 Å². The number of anilines is 1. The zero-order valence-corrected chi connectivity index (χ0v) is 17.4. The summed E-state index contributed by atoms with van der Waals surface area (Å²) in [6.07, 6.45) is 0. The molecule has 0 spiro atoms. The van der Waals surface area contributed by atoms with E-state index in [-0.39, 0.29) is 18.0 Å². The van der Waals surface area contributed by atoms with Crippen LogP contribution >= 0.6 is 0 Å². The van der Waals surface area contributed by atoms with Crippen LogP contribution in [0.3, 0.4) is 0 Å². The average molecular weight is 396 g/mol. The number of para-hydroxylation sites is 1. The number of aryl methyl sites for hydroxylation is 3. The summed E-state index contributed by atoms with van der Waals surface area (Å²) in [6.45, 7) is 6.14. The zero-order valence-electron chi connectivity index (χ0n) is 17.4. The van der Waals surface area contributed by atoms with Crippen molar-refractivity contribution < 1.29 is 4.79 Å². The smallest absolute Gasteiger partial charge is 0.258 e. The predicted molar refractivity (Wildman–Crippen MR) is 122 cm³/mol. The van der Waals surface area contributed by atoms with E-state index in [1.54, 1.807) is 4.90 Å². The first-order valence-electron chi connectivity index (χ1n) is 9.99. The third-order valence-electron chi connectivity index (χ3n) is 5.35. The highest BCUT2D eigenvalue weighted by molar-refractivity contribution is 6.06. The average Bonchev–Trinajstić information content (AvgIpc) is 2.73. The largest absolute Gasteiger partial charge is 0.321 e. The molecule has 0 aliphatic carbocycles. The van der Waals surface area contributed by atoms with Crippen LogP contribution in [0, 0.1) is 20.8 Å². The number of hydrogen-bond acceptors (Lipinski definition) is 2. The molecule has 4 nitrogen and oxygen atoms in total. The van der Waals surface area contributed by atoms with E-state index in [1.165, 1.54) is 0 Å². The molecular weight excluding hydrogens is 372 g/mol. The zero-order chi connectivity index (χ0) is 21.3. The van der Waals surface area contributed by atoms with Crippen molar-refractivity contribution in [2.45, 2.75) is 27.3 Å². The van der Waals surface area contributed by atoms with Crippen LogP contribution in [0.4, 0.5) is 5.69 Å². The molecule has 1 heterocycles. The van der Waals surface area contributed by atoms with Crippen molar-refractivity contribution in [2.75, 3.05) is 4.90 Å². The van der Waals surface area contributed by atoms with E-state index in [0.29, 0.717) is 11.1 Å². The first kappa shape index (κ1) is 19.6. The van der Waals surface area contributed by atoms with Crippen LogP contribution in [0.1, 0.15) is 32.6 Å². The highest BCUT2D eigenvalue weighted by Gasteiger charge is 2.20. The lowest BCUT2D eigenvalue weighted by molar-refractivity contribution is 0.0985. The molecule has 1 N–H and O–H groups in total. The minimum atomic E-state index is -0.175. The minimum Gasteiger partial charge on any atom is -0.321 e. The molecule has 0 aliphatic rings. The van der Waals surface area contributed by atoms with E-state index in [9.17, 15) is 9.59 Å². The number of hydrogen-bond donors (Lipinski definition) is 1. The van der Waals surface area contributed by atoms with Crippen LogP contribution in [0.5, 0.6) is 0 Å². The number of H-pyrrole nitrogens is 1. The maximum atomic E-state index is 13.4. The van der Waals surface area contributed by atoms with E-state index in [2.05, 4.69) is 4.98 Å². The molecule has 150 valence electrons. The fourth-order valence-electron chi connectivity index (χ4n) is 3.64. The molecule has 30 heavy (non-hydrogen) atoms. The van der Waals surface area contributed by atoms with Gasteiger partial charge >= 0.3 is 0 Å². The number of aromatic amines is 1. The van der Waals surface area contributed by atoms with Crippen molar-refractivity contribution in [1.82, 2.24) is 4.98 Å². The Labute approximate surface area is 175 Å². The highest BCUT2D eigenvalue weighted by Crippen LogP contribution is 2.22.